The van der Waals surface area contributed by atoms with Crippen molar-refractivity contribution in [3.05, 3.63) is 29.8 Å². The van der Waals surface area contributed by atoms with Crippen LogP contribution in [0.25, 0.3) is 0 Å². The zero-order valence-corrected chi connectivity index (χ0v) is 6.98. The van der Waals surface area contributed by atoms with Gasteiger partial charge in [0, 0.05) is 5.30 Å². The molecule has 0 saturated heterocycles. The second-order valence-corrected chi connectivity index (χ2v) is 3.36. The molecule has 0 aromatic heterocycles. The Morgan fingerprint density at radius 1 is 1.25 bits per heavy atom. The van der Waals surface area contributed by atoms with Crippen LogP contribution < -0.4 is 5.30 Å². The minimum absolute atomic E-state index is 0.00185. The Morgan fingerprint density at radius 2 is 1.75 bits per heavy atom. The van der Waals surface area contributed by atoms with Gasteiger partial charge < -0.3 is 4.89 Å². The summed E-state index contributed by atoms with van der Waals surface area (Å²) in [4.78, 5) is 18.9. The number of benzene rings is 1. The lowest BCUT2D eigenvalue weighted by Crippen LogP contribution is -1.99. The highest BCUT2D eigenvalue weighted by Crippen LogP contribution is 2.12. The van der Waals surface area contributed by atoms with Gasteiger partial charge >= 0.3 is 5.97 Å². The van der Waals surface area contributed by atoms with Gasteiger partial charge in [0.05, 0.1) is 5.56 Å². The molecule has 0 bridgehead atoms. The van der Waals surface area contributed by atoms with E-state index >= 15 is 0 Å². The second kappa shape index (κ2) is 3.52. The van der Waals surface area contributed by atoms with E-state index in [1.165, 1.54) is 24.3 Å². The highest BCUT2D eigenvalue weighted by atomic mass is 31.1. The van der Waals surface area contributed by atoms with E-state index in [0.717, 1.165) is 0 Å². The molecule has 0 heterocycles. The lowest BCUT2D eigenvalue weighted by atomic mass is 10.2. The van der Waals surface area contributed by atoms with E-state index in [1.54, 1.807) is 0 Å². The summed E-state index contributed by atoms with van der Waals surface area (Å²) < 4.78 is 10.5. The third-order valence-electron chi connectivity index (χ3n) is 1.37. The van der Waals surface area contributed by atoms with Crippen molar-refractivity contribution in [2.75, 3.05) is 0 Å². The molecule has 0 aliphatic carbocycles. The van der Waals surface area contributed by atoms with E-state index in [2.05, 4.69) is 0 Å². The fourth-order valence-corrected chi connectivity index (χ4v) is 1.20. The van der Waals surface area contributed by atoms with E-state index in [-0.39, 0.29) is 10.9 Å². The second-order valence-electron chi connectivity index (χ2n) is 2.17. The van der Waals surface area contributed by atoms with Crippen LogP contribution >= 0.6 is 8.03 Å². The molecule has 0 spiro atoms. The lowest BCUT2D eigenvalue weighted by molar-refractivity contribution is 0.0573. The summed E-state index contributed by atoms with van der Waals surface area (Å²) in [5, 5.41) is 10.5. The van der Waals surface area contributed by atoms with Crippen molar-refractivity contribution in [3.8, 4) is 0 Å². The molecule has 1 atom stereocenters. The maximum atomic E-state index is 10.5. The summed E-state index contributed by atoms with van der Waals surface area (Å²) in [6.45, 7) is 0. The van der Waals surface area contributed by atoms with Crippen LogP contribution in [0.15, 0.2) is 24.3 Å². The summed E-state index contributed by atoms with van der Waals surface area (Å²) in [7, 11) is -2.72. The Morgan fingerprint density at radius 3 is 2.08 bits per heavy atom. The Kier molecular flexibility index (Phi) is 2.63. The highest BCUT2D eigenvalue weighted by molar-refractivity contribution is 7.47. The van der Waals surface area contributed by atoms with Crippen molar-refractivity contribution < 1.29 is 19.4 Å². The maximum Gasteiger partial charge on any atom is 0.386 e. The number of carbonyl (C=O) groups is 1. The van der Waals surface area contributed by atoms with Crippen molar-refractivity contribution in [2.24, 2.45) is 0 Å². The molecule has 4 nitrogen and oxygen atoms in total. The van der Waals surface area contributed by atoms with E-state index in [9.17, 15) is 14.5 Å². The Labute approximate surface area is 69.3 Å². The zero-order chi connectivity index (χ0) is 9.14. The van der Waals surface area contributed by atoms with Gasteiger partial charge in [0.2, 0.25) is 8.03 Å². The third-order valence-corrected chi connectivity index (χ3v) is 2.19. The first-order valence-electron chi connectivity index (χ1n) is 3.16. The highest BCUT2D eigenvalue weighted by Gasteiger charge is 2.05. The van der Waals surface area contributed by atoms with Crippen LogP contribution in [0.3, 0.4) is 0 Å². The molecule has 1 aromatic carbocycles. The van der Waals surface area contributed by atoms with Crippen LogP contribution in [-0.2, 0) is 9.67 Å². The first-order chi connectivity index (χ1) is 5.61. The minimum atomic E-state index is -2.72. The summed E-state index contributed by atoms with van der Waals surface area (Å²) in [5.41, 5.74) is 0.00185. The first-order valence-corrected chi connectivity index (χ1v) is 4.51. The molecular formula is C7H6O4P. The van der Waals surface area contributed by atoms with Crippen LogP contribution in [-0.4, -0.2) is 10.9 Å². The Bertz CT molecular complexity index is 284. The molecule has 1 N–H and O–H groups in total. The number of rotatable bonds is 2. The van der Waals surface area contributed by atoms with Crippen LogP contribution in [0.1, 0.15) is 10.4 Å². The molecule has 1 aromatic rings. The van der Waals surface area contributed by atoms with Gasteiger partial charge in [-0.1, -0.05) is 0 Å². The van der Waals surface area contributed by atoms with Gasteiger partial charge in [-0.2, -0.15) is 0 Å². The normalized spacial score (nSPS) is 12.4. The number of hydrogen-bond acceptors (Lipinski definition) is 2. The molecular weight excluding hydrogens is 179 g/mol. The summed E-state index contributed by atoms with van der Waals surface area (Å²) in [6, 6.07) is 5.08. The van der Waals surface area contributed by atoms with Crippen molar-refractivity contribution in [1.82, 2.24) is 0 Å². The number of hydrogen-bond donors (Lipinski definition) is 1. The molecule has 1 radical (unpaired) electrons. The molecule has 5 heteroatoms. The third kappa shape index (κ3) is 1.94. The Balaban J connectivity index is 3.01. The van der Waals surface area contributed by atoms with Gasteiger partial charge in [-0.15, -0.1) is 0 Å². The standard InChI is InChI=1S/C7H6O4P/c8-7(9)5-1-3-6(4-2-5)12(10)11/h1-4,12H,(H,10,11). The SMILES string of the molecule is [O]C(=O)c1ccc([PH](=O)O)cc1. The smallest absolute Gasteiger partial charge is 0.343 e. The fourth-order valence-electron chi connectivity index (χ4n) is 0.749. The van der Waals surface area contributed by atoms with Crippen molar-refractivity contribution in [3.63, 3.8) is 0 Å². The molecule has 0 aliphatic rings. The largest absolute Gasteiger partial charge is 0.386 e. The van der Waals surface area contributed by atoms with Gasteiger partial charge in [0.15, 0.2) is 0 Å². The van der Waals surface area contributed by atoms with Crippen molar-refractivity contribution in [2.45, 2.75) is 0 Å². The van der Waals surface area contributed by atoms with Gasteiger partial charge in [-0.05, 0) is 24.3 Å². The van der Waals surface area contributed by atoms with Gasteiger partial charge in [-0.25, -0.2) is 9.90 Å². The molecule has 1 unspecified atom stereocenters. The van der Waals surface area contributed by atoms with Crippen molar-refractivity contribution >= 4 is 19.3 Å². The van der Waals surface area contributed by atoms with Crippen LogP contribution in [0.4, 0.5) is 0 Å². The first kappa shape index (κ1) is 8.97. The topological polar surface area (TPSA) is 74.3 Å². The van der Waals surface area contributed by atoms with Gasteiger partial charge in [0.1, 0.15) is 0 Å². The Hall–Kier alpha value is -1.12. The minimum Gasteiger partial charge on any atom is -0.343 e. The molecule has 63 valence electrons. The maximum absolute atomic E-state index is 10.5. The molecule has 0 aliphatic heterocycles. The molecule has 12 heavy (non-hydrogen) atoms. The molecule has 0 fully saturated rings. The zero-order valence-electron chi connectivity index (χ0n) is 5.98. The van der Waals surface area contributed by atoms with E-state index < -0.39 is 14.0 Å². The summed E-state index contributed by atoms with van der Waals surface area (Å²) in [5.74, 6) is -1.29. The predicted octanol–water partition coefficient (Wildman–Crippen LogP) is 0.350. The quantitative estimate of drug-likeness (QED) is 0.675. The lowest BCUT2D eigenvalue weighted by Gasteiger charge is -1.94. The van der Waals surface area contributed by atoms with Crippen LogP contribution in [0, 0.1) is 0 Å². The average molecular weight is 185 g/mol. The van der Waals surface area contributed by atoms with Gasteiger partial charge in [0.25, 0.3) is 0 Å². The number of carbonyl (C=O) groups excluding carboxylic acids is 1. The van der Waals surface area contributed by atoms with E-state index in [0.29, 0.717) is 0 Å². The van der Waals surface area contributed by atoms with Crippen molar-refractivity contribution in [1.29, 1.82) is 0 Å². The molecule has 0 amide bonds. The van der Waals surface area contributed by atoms with E-state index in [4.69, 9.17) is 4.89 Å². The summed E-state index contributed by atoms with van der Waals surface area (Å²) in [6.07, 6.45) is 0. The monoisotopic (exact) mass is 185 g/mol. The van der Waals surface area contributed by atoms with Crippen LogP contribution in [0.5, 0.6) is 0 Å². The average Bonchev–Trinajstić information content (AvgIpc) is 2.04. The van der Waals surface area contributed by atoms with Crippen LogP contribution in [0.2, 0.25) is 0 Å². The molecule has 0 saturated carbocycles. The predicted molar refractivity (Wildman–Crippen MR) is 42.3 cm³/mol. The molecule has 1 rings (SSSR count). The van der Waals surface area contributed by atoms with Gasteiger partial charge in [-0.3, -0.25) is 4.57 Å². The van der Waals surface area contributed by atoms with E-state index in [1.807, 2.05) is 0 Å². The fraction of sp³-hybridized carbons (Fsp3) is 0. The summed E-state index contributed by atoms with van der Waals surface area (Å²) >= 11 is 0.